The highest BCUT2D eigenvalue weighted by Crippen LogP contribution is 2.32. The summed E-state index contributed by atoms with van der Waals surface area (Å²) < 4.78 is 0. The second-order valence-corrected chi connectivity index (χ2v) is 6.06. The number of hydrogen-bond donors (Lipinski definition) is 2. The first kappa shape index (κ1) is 13.3. The number of hydrogen-bond acceptors (Lipinski definition) is 4. The summed E-state index contributed by atoms with van der Waals surface area (Å²) in [6.45, 7) is 9.28. The number of carbonyl (C=O) groups is 1. The highest BCUT2D eigenvalue weighted by Gasteiger charge is 2.41. The number of nitrogens with one attached hydrogen (secondary N) is 2. The lowest BCUT2D eigenvalue weighted by Crippen LogP contribution is -2.63. The van der Waals surface area contributed by atoms with Crippen molar-refractivity contribution < 1.29 is 4.79 Å². The average molecular weight is 266 g/mol. The van der Waals surface area contributed by atoms with Crippen molar-refractivity contribution in [3.05, 3.63) is 0 Å². The van der Waals surface area contributed by atoms with E-state index < -0.39 is 0 Å². The Balaban J connectivity index is 1.70. The minimum absolute atomic E-state index is 0.0332. The molecular weight excluding hydrogens is 240 g/mol. The topological polar surface area (TPSA) is 47.6 Å². The Morgan fingerprint density at radius 3 is 3.00 bits per heavy atom. The van der Waals surface area contributed by atoms with Gasteiger partial charge in [0.15, 0.2) is 0 Å². The Kier molecular flexibility index (Phi) is 4.05. The summed E-state index contributed by atoms with van der Waals surface area (Å²) >= 11 is 0. The van der Waals surface area contributed by atoms with Crippen LogP contribution in [0.4, 0.5) is 0 Å². The van der Waals surface area contributed by atoms with Crippen molar-refractivity contribution in [2.24, 2.45) is 5.92 Å². The first-order valence-electron chi connectivity index (χ1n) is 7.76. The standard InChI is InChI=1S/C14H26N4O/c1-2-16-14(19)13-9-15-5-8-18(13)12-4-7-17-6-3-11(12)10-17/h11-13,15H,2-10H2,1H3,(H,16,19). The molecule has 3 heterocycles. The summed E-state index contributed by atoms with van der Waals surface area (Å²) in [4.78, 5) is 17.3. The van der Waals surface area contributed by atoms with Gasteiger partial charge in [-0.1, -0.05) is 0 Å². The molecule has 3 rings (SSSR count). The summed E-state index contributed by atoms with van der Waals surface area (Å²) in [6.07, 6.45) is 2.55. The molecule has 3 saturated heterocycles. The number of piperidine rings is 1. The van der Waals surface area contributed by atoms with E-state index in [0.717, 1.165) is 32.1 Å². The number of carbonyl (C=O) groups excluding carboxylic acids is 1. The Labute approximate surface area is 115 Å². The Morgan fingerprint density at radius 1 is 1.32 bits per heavy atom. The Bertz CT molecular complexity index is 335. The molecule has 4 atom stereocenters. The molecule has 3 fully saturated rings. The van der Waals surface area contributed by atoms with E-state index in [1.54, 1.807) is 0 Å². The van der Waals surface area contributed by atoms with Crippen LogP contribution in [0.25, 0.3) is 0 Å². The van der Waals surface area contributed by atoms with Gasteiger partial charge in [0.2, 0.25) is 5.91 Å². The molecule has 3 aliphatic rings. The van der Waals surface area contributed by atoms with Gasteiger partial charge in [-0.05, 0) is 38.8 Å². The van der Waals surface area contributed by atoms with Crippen LogP contribution in [-0.4, -0.2) is 73.6 Å². The predicted octanol–water partition coefficient (Wildman–Crippen LogP) is -0.509. The van der Waals surface area contributed by atoms with E-state index in [0.29, 0.717) is 6.04 Å². The highest BCUT2D eigenvalue weighted by molar-refractivity contribution is 5.82. The molecule has 0 aromatic carbocycles. The van der Waals surface area contributed by atoms with Crippen molar-refractivity contribution >= 4 is 5.91 Å². The summed E-state index contributed by atoms with van der Waals surface area (Å²) in [7, 11) is 0. The molecular formula is C14H26N4O. The maximum absolute atomic E-state index is 12.3. The summed E-state index contributed by atoms with van der Waals surface area (Å²) in [5.74, 6) is 0.985. The molecule has 4 unspecified atom stereocenters. The SMILES string of the molecule is CCNC(=O)C1CNCCN1C1CCN2CCC1C2. The third kappa shape index (κ3) is 2.64. The van der Waals surface area contributed by atoms with Crippen molar-refractivity contribution in [3.8, 4) is 0 Å². The van der Waals surface area contributed by atoms with Gasteiger partial charge in [-0.25, -0.2) is 0 Å². The molecule has 1 amide bonds. The van der Waals surface area contributed by atoms with E-state index >= 15 is 0 Å². The second kappa shape index (κ2) is 5.77. The lowest BCUT2D eigenvalue weighted by Gasteiger charge is -2.45. The third-order valence-electron chi connectivity index (χ3n) is 4.96. The van der Waals surface area contributed by atoms with E-state index in [1.807, 2.05) is 6.92 Å². The third-order valence-corrected chi connectivity index (χ3v) is 4.96. The maximum atomic E-state index is 12.3. The normalized spacial score (nSPS) is 39.2. The van der Waals surface area contributed by atoms with Crippen LogP contribution in [0.3, 0.4) is 0 Å². The molecule has 2 bridgehead atoms. The molecule has 5 heteroatoms. The fourth-order valence-corrected chi connectivity index (χ4v) is 4.02. The number of likely N-dealkylation sites (N-methyl/N-ethyl adjacent to an activating group) is 1. The second-order valence-electron chi connectivity index (χ2n) is 6.06. The molecule has 0 aliphatic carbocycles. The molecule has 5 nitrogen and oxygen atoms in total. The maximum Gasteiger partial charge on any atom is 0.238 e. The van der Waals surface area contributed by atoms with Crippen molar-refractivity contribution in [1.82, 2.24) is 20.4 Å². The zero-order valence-corrected chi connectivity index (χ0v) is 11.9. The van der Waals surface area contributed by atoms with Crippen LogP contribution in [0.15, 0.2) is 0 Å². The van der Waals surface area contributed by atoms with Crippen LogP contribution in [0.5, 0.6) is 0 Å². The van der Waals surface area contributed by atoms with Crippen LogP contribution in [-0.2, 0) is 4.79 Å². The van der Waals surface area contributed by atoms with E-state index in [9.17, 15) is 4.79 Å². The van der Waals surface area contributed by atoms with Crippen LogP contribution >= 0.6 is 0 Å². The highest BCUT2D eigenvalue weighted by atomic mass is 16.2. The molecule has 0 aromatic heterocycles. The lowest BCUT2D eigenvalue weighted by atomic mass is 9.90. The molecule has 2 N–H and O–H groups in total. The molecule has 0 aromatic rings. The fraction of sp³-hybridized carbons (Fsp3) is 0.929. The summed E-state index contributed by atoms with van der Waals surface area (Å²) in [5.41, 5.74) is 0. The molecule has 0 saturated carbocycles. The number of piperazine rings is 1. The van der Waals surface area contributed by atoms with Crippen molar-refractivity contribution in [2.45, 2.75) is 31.8 Å². The van der Waals surface area contributed by atoms with E-state index in [1.165, 1.54) is 32.5 Å². The van der Waals surface area contributed by atoms with Gasteiger partial charge in [0.05, 0.1) is 0 Å². The van der Waals surface area contributed by atoms with Gasteiger partial charge < -0.3 is 15.5 Å². The molecule has 0 spiro atoms. The van der Waals surface area contributed by atoms with Gasteiger partial charge in [-0.2, -0.15) is 0 Å². The van der Waals surface area contributed by atoms with E-state index in [4.69, 9.17) is 0 Å². The Hall–Kier alpha value is -0.650. The van der Waals surface area contributed by atoms with Gasteiger partial charge in [-0.15, -0.1) is 0 Å². The minimum atomic E-state index is 0.0332. The minimum Gasteiger partial charge on any atom is -0.355 e. The van der Waals surface area contributed by atoms with Gasteiger partial charge in [0, 0.05) is 38.8 Å². The predicted molar refractivity (Wildman–Crippen MR) is 75.0 cm³/mol. The summed E-state index contributed by atoms with van der Waals surface area (Å²) in [6, 6.07) is 0.652. The Morgan fingerprint density at radius 2 is 2.16 bits per heavy atom. The number of fused-ring (bicyclic) bond motifs is 2. The number of rotatable bonds is 3. The zero-order chi connectivity index (χ0) is 13.2. The van der Waals surface area contributed by atoms with Gasteiger partial charge in [0.25, 0.3) is 0 Å². The monoisotopic (exact) mass is 266 g/mol. The molecule has 0 radical (unpaired) electrons. The van der Waals surface area contributed by atoms with Gasteiger partial charge in [-0.3, -0.25) is 9.69 Å². The lowest BCUT2D eigenvalue weighted by molar-refractivity contribution is -0.129. The largest absolute Gasteiger partial charge is 0.355 e. The number of amides is 1. The van der Waals surface area contributed by atoms with Crippen LogP contribution in [0.1, 0.15) is 19.8 Å². The average Bonchev–Trinajstić information content (AvgIpc) is 2.81. The smallest absolute Gasteiger partial charge is 0.238 e. The van der Waals surface area contributed by atoms with Gasteiger partial charge >= 0.3 is 0 Å². The van der Waals surface area contributed by atoms with Crippen molar-refractivity contribution in [2.75, 3.05) is 45.8 Å². The van der Waals surface area contributed by atoms with Crippen LogP contribution in [0, 0.1) is 5.92 Å². The molecule has 3 aliphatic heterocycles. The first-order valence-corrected chi connectivity index (χ1v) is 7.76. The molecule has 19 heavy (non-hydrogen) atoms. The quantitative estimate of drug-likeness (QED) is 0.722. The first-order chi connectivity index (χ1) is 9.29. The molecule has 108 valence electrons. The van der Waals surface area contributed by atoms with Crippen LogP contribution < -0.4 is 10.6 Å². The fourth-order valence-electron chi connectivity index (χ4n) is 4.02. The number of nitrogens with zero attached hydrogens (tertiary/aromatic N) is 2. The van der Waals surface area contributed by atoms with E-state index in [2.05, 4.69) is 20.4 Å². The van der Waals surface area contributed by atoms with Gasteiger partial charge in [0.1, 0.15) is 6.04 Å². The zero-order valence-electron chi connectivity index (χ0n) is 11.9. The summed E-state index contributed by atoms with van der Waals surface area (Å²) in [5, 5.41) is 6.37. The van der Waals surface area contributed by atoms with Crippen LogP contribution in [0.2, 0.25) is 0 Å². The van der Waals surface area contributed by atoms with Crippen molar-refractivity contribution in [1.29, 1.82) is 0 Å². The van der Waals surface area contributed by atoms with Crippen molar-refractivity contribution in [3.63, 3.8) is 0 Å². The van der Waals surface area contributed by atoms with E-state index in [-0.39, 0.29) is 11.9 Å².